The van der Waals surface area contributed by atoms with Crippen LogP contribution in [0.25, 0.3) is 0 Å². The Morgan fingerprint density at radius 1 is 1.07 bits per heavy atom. The van der Waals surface area contributed by atoms with Crippen molar-refractivity contribution < 1.29 is 4.74 Å². The second-order valence-corrected chi connectivity index (χ2v) is 4.53. The Hall–Kier alpha value is -0.0800. The van der Waals surface area contributed by atoms with Crippen molar-refractivity contribution in [2.45, 2.75) is 52.5 Å². The van der Waals surface area contributed by atoms with Crippen LogP contribution in [0.3, 0.4) is 0 Å². The number of hydrogen-bond donors (Lipinski definition) is 1. The van der Waals surface area contributed by atoms with Crippen molar-refractivity contribution >= 4 is 0 Å². The smallest absolute Gasteiger partial charge is 0.0476 e. The van der Waals surface area contributed by atoms with Crippen molar-refractivity contribution in [1.82, 2.24) is 5.32 Å². The molecule has 0 aliphatic carbocycles. The van der Waals surface area contributed by atoms with Crippen LogP contribution in [0.1, 0.15) is 46.5 Å². The lowest BCUT2D eigenvalue weighted by Crippen LogP contribution is -2.28. The molecular weight excluding hydrogens is 174 g/mol. The van der Waals surface area contributed by atoms with Crippen LogP contribution in [0.5, 0.6) is 0 Å². The summed E-state index contributed by atoms with van der Waals surface area (Å²) in [5, 5.41) is 3.51. The molecule has 0 aromatic carbocycles. The maximum absolute atomic E-state index is 5.03. The van der Waals surface area contributed by atoms with Gasteiger partial charge in [0.15, 0.2) is 0 Å². The third-order valence-corrected chi connectivity index (χ3v) is 2.46. The summed E-state index contributed by atoms with van der Waals surface area (Å²) >= 11 is 0. The Morgan fingerprint density at radius 2 is 1.79 bits per heavy atom. The van der Waals surface area contributed by atoms with E-state index in [9.17, 15) is 0 Å². The van der Waals surface area contributed by atoms with Gasteiger partial charge in [-0.15, -0.1) is 0 Å². The van der Waals surface area contributed by atoms with Gasteiger partial charge in [-0.1, -0.05) is 26.7 Å². The highest BCUT2D eigenvalue weighted by Gasteiger charge is 2.00. The van der Waals surface area contributed by atoms with E-state index in [1.807, 2.05) is 0 Å². The molecule has 0 fully saturated rings. The lowest BCUT2D eigenvalue weighted by atomic mass is 10.1. The molecule has 0 aliphatic heterocycles. The van der Waals surface area contributed by atoms with Crippen LogP contribution in [0.2, 0.25) is 0 Å². The average Bonchev–Trinajstić information content (AvgIpc) is 2.13. The predicted molar refractivity (Wildman–Crippen MR) is 62.6 cm³/mol. The summed E-state index contributed by atoms with van der Waals surface area (Å²) in [6.07, 6.45) is 5.12. The third-order valence-electron chi connectivity index (χ3n) is 2.46. The molecule has 0 saturated carbocycles. The standard InChI is InChI=1S/C12H27NO/c1-11(2)7-5-6-9-13-12(3)8-10-14-4/h11-13H,5-10H2,1-4H3. The van der Waals surface area contributed by atoms with Crippen LogP contribution in [-0.4, -0.2) is 26.3 Å². The summed E-state index contributed by atoms with van der Waals surface area (Å²) in [6, 6.07) is 0.592. The highest BCUT2D eigenvalue weighted by atomic mass is 16.5. The molecule has 0 aliphatic rings. The molecule has 2 heteroatoms. The fourth-order valence-electron chi connectivity index (χ4n) is 1.42. The van der Waals surface area contributed by atoms with Crippen LogP contribution < -0.4 is 5.32 Å². The van der Waals surface area contributed by atoms with Crippen LogP contribution in [0.4, 0.5) is 0 Å². The number of nitrogens with one attached hydrogen (secondary N) is 1. The average molecular weight is 201 g/mol. The molecule has 0 aromatic rings. The van der Waals surface area contributed by atoms with E-state index in [0.717, 1.165) is 25.5 Å². The Morgan fingerprint density at radius 3 is 2.36 bits per heavy atom. The van der Waals surface area contributed by atoms with Gasteiger partial charge in [0.05, 0.1) is 0 Å². The van der Waals surface area contributed by atoms with E-state index in [1.54, 1.807) is 7.11 Å². The molecule has 86 valence electrons. The van der Waals surface area contributed by atoms with E-state index in [1.165, 1.54) is 19.3 Å². The van der Waals surface area contributed by atoms with Crippen molar-refractivity contribution in [3.63, 3.8) is 0 Å². The van der Waals surface area contributed by atoms with E-state index in [0.29, 0.717) is 6.04 Å². The first-order valence-electron chi connectivity index (χ1n) is 5.89. The van der Waals surface area contributed by atoms with Gasteiger partial charge < -0.3 is 10.1 Å². The molecule has 0 bridgehead atoms. The van der Waals surface area contributed by atoms with E-state index >= 15 is 0 Å². The van der Waals surface area contributed by atoms with Crippen molar-refractivity contribution in [3.8, 4) is 0 Å². The Balaban J connectivity index is 3.10. The molecule has 1 unspecified atom stereocenters. The Kier molecular flexibility index (Phi) is 9.42. The first-order chi connectivity index (χ1) is 6.66. The number of ether oxygens (including phenoxy) is 1. The fraction of sp³-hybridized carbons (Fsp3) is 1.00. The van der Waals surface area contributed by atoms with Gasteiger partial charge in [0.2, 0.25) is 0 Å². The van der Waals surface area contributed by atoms with E-state index in [4.69, 9.17) is 4.74 Å². The molecular formula is C12H27NO. The zero-order valence-corrected chi connectivity index (χ0v) is 10.3. The summed E-state index contributed by atoms with van der Waals surface area (Å²) in [5.41, 5.74) is 0. The van der Waals surface area contributed by atoms with Crippen LogP contribution >= 0.6 is 0 Å². The van der Waals surface area contributed by atoms with Gasteiger partial charge in [-0.05, 0) is 32.2 Å². The van der Waals surface area contributed by atoms with E-state index in [-0.39, 0.29) is 0 Å². The summed E-state index contributed by atoms with van der Waals surface area (Å²) in [5.74, 6) is 0.848. The van der Waals surface area contributed by atoms with E-state index < -0.39 is 0 Å². The van der Waals surface area contributed by atoms with Gasteiger partial charge >= 0.3 is 0 Å². The Bertz CT molecular complexity index is 115. The molecule has 0 spiro atoms. The Labute approximate surface area is 89.4 Å². The highest BCUT2D eigenvalue weighted by molar-refractivity contribution is 4.60. The van der Waals surface area contributed by atoms with Crippen molar-refractivity contribution in [2.75, 3.05) is 20.3 Å². The van der Waals surface area contributed by atoms with Crippen molar-refractivity contribution in [3.05, 3.63) is 0 Å². The fourth-order valence-corrected chi connectivity index (χ4v) is 1.42. The lowest BCUT2D eigenvalue weighted by Gasteiger charge is -2.13. The molecule has 0 saturated heterocycles. The maximum atomic E-state index is 5.03. The number of hydrogen-bond acceptors (Lipinski definition) is 2. The third kappa shape index (κ3) is 10.0. The van der Waals surface area contributed by atoms with Crippen molar-refractivity contribution in [1.29, 1.82) is 0 Å². The molecule has 0 heterocycles. The molecule has 0 aromatic heterocycles. The van der Waals surface area contributed by atoms with E-state index in [2.05, 4.69) is 26.1 Å². The number of rotatable bonds is 9. The van der Waals surface area contributed by atoms with Gasteiger partial charge in [0, 0.05) is 19.8 Å². The minimum absolute atomic E-state index is 0.592. The molecule has 0 radical (unpaired) electrons. The molecule has 14 heavy (non-hydrogen) atoms. The monoisotopic (exact) mass is 201 g/mol. The van der Waals surface area contributed by atoms with Gasteiger partial charge in [-0.2, -0.15) is 0 Å². The number of methoxy groups -OCH3 is 1. The van der Waals surface area contributed by atoms with Gasteiger partial charge in [0.25, 0.3) is 0 Å². The maximum Gasteiger partial charge on any atom is 0.0476 e. The SMILES string of the molecule is COCCC(C)NCCCCC(C)C. The summed E-state index contributed by atoms with van der Waals surface area (Å²) in [6.45, 7) is 8.81. The second-order valence-electron chi connectivity index (χ2n) is 4.53. The summed E-state index contributed by atoms with van der Waals surface area (Å²) < 4.78 is 5.03. The normalized spacial score (nSPS) is 13.5. The first-order valence-corrected chi connectivity index (χ1v) is 5.89. The zero-order valence-electron chi connectivity index (χ0n) is 10.3. The topological polar surface area (TPSA) is 21.3 Å². The van der Waals surface area contributed by atoms with Crippen molar-refractivity contribution in [2.24, 2.45) is 5.92 Å². The molecule has 2 nitrogen and oxygen atoms in total. The minimum atomic E-state index is 0.592. The second kappa shape index (κ2) is 9.47. The summed E-state index contributed by atoms with van der Waals surface area (Å²) in [4.78, 5) is 0. The van der Waals surface area contributed by atoms with Crippen LogP contribution in [0.15, 0.2) is 0 Å². The molecule has 1 atom stereocenters. The molecule has 0 amide bonds. The van der Waals surface area contributed by atoms with Crippen LogP contribution in [0, 0.1) is 5.92 Å². The zero-order chi connectivity index (χ0) is 10.8. The minimum Gasteiger partial charge on any atom is -0.385 e. The number of unbranched alkanes of at least 4 members (excludes halogenated alkanes) is 1. The van der Waals surface area contributed by atoms with Gasteiger partial charge in [-0.3, -0.25) is 0 Å². The quantitative estimate of drug-likeness (QED) is 0.579. The largest absolute Gasteiger partial charge is 0.385 e. The first kappa shape index (κ1) is 13.9. The van der Waals surface area contributed by atoms with Crippen LogP contribution in [-0.2, 0) is 4.74 Å². The van der Waals surface area contributed by atoms with Gasteiger partial charge in [0.1, 0.15) is 0 Å². The summed E-state index contributed by atoms with van der Waals surface area (Å²) in [7, 11) is 1.76. The highest BCUT2D eigenvalue weighted by Crippen LogP contribution is 2.05. The lowest BCUT2D eigenvalue weighted by molar-refractivity contribution is 0.185. The molecule has 0 rings (SSSR count). The molecule has 1 N–H and O–H groups in total. The van der Waals surface area contributed by atoms with Gasteiger partial charge in [-0.25, -0.2) is 0 Å². The predicted octanol–water partition coefficient (Wildman–Crippen LogP) is 2.83.